The summed E-state index contributed by atoms with van der Waals surface area (Å²) in [6.45, 7) is 8.87. The summed E-state index contributed by atoms with van der Waals surface area (Å²) in [5, 5.41) is 6.59. The summed E-state index contributed by atoms with van der Waals surface area (Å²) in [7, 11) is 2.10. The van der Waals surface area contributed by atoms with Crippen LogP contribution in [0.4, 0.5) is 4.39 Å². The van der Waals surface area contributed by atoms with Crippen molar-refractivity contribution in [2.45, 2.75) is 26.4 Å². The number of ether oxygens (including phenoxy) is 1. The zero-order chi connectivity index (χ0) is 17.4. The maximum atomic E-state index is 13.1. The highest BCUT2D eigenvalue weighted by Crippen LogP contribution is 2.10. The number of guanidine groups is 1. The average molecular weight is 464 g/mol. The van der Waals surface area contributed by atoms with Crippen molar-refractivity contribution in [3.63, 3.8) is 0 Å². The van der Waals surface area contributed by atoms with Gasteiger partial charge in [-0.1, -0.05) is 6.07 Å². The number of morpholine rings is 1. The van der Waals surface area contributed by atoms with E-state index in [1.165, 1.54) is 6.07 Å². The van der Waals surface area contributed by atoms with Gasteiger partial charge in [0.05, 0.1) is 19.3 Å². The third-order valence-corrected chi connectivity index (χ3v) is 4.13. The normalized spacial score (nSPS) is 18.6. The van der Waals surface area contributed by atoms with Crippen molar-refractivity contribution < 1.29 is 9.13 Å². The van der Waals surface area contributed by atoms with Crippen LogP contribution in [-0.2, 0) is 11.2 Å². The second-order valence-electron chi connectivity index (χ2n) is 6.22. The molecule has 1 fully saturated rings. The van der Waals surface area contributed by atoms with Crippen molar-refractivity contribution in [1.82, 2.24) is 15.5 Å². The molecule has 142 valence electrons. The highest BCUT2D eigenvalue weighted by atomic mass is 127. The van der Waals surface area contributed by atoms with Crippen molar-refractivity contribution in [2.24, 2.45) is 4.99 Å². The molecule has 0 saturated carbocycles. The molecule has 0 bridgehead atoms. The van der Waals surface area contributed by atoms with Gasteiger partial charge < -0.3 is 20.3 Å². The standard InChI is InChI=1S/C18H29FN4O.HI/c1-4-20-18(22-12-17-13-23(3)9-10-24-17)21-8-7-15-5-6-16(19)11-14(15)2;/h5-6,11,17H,4,7-10,12-13H2,1-3H3,(H2,20,21,22);1H. The van der Waals surface area contributed by atoms with E-state index in [4.69, 9.17) is 4.74 Å². The third-order valence-electron chi connectivity index (χ3n) is 4.13. The Kier molecular flexibility index (Phi) is 10.3. The van der Waals surface area contributed by atoms with Gasteiger partial charge in [-0.05, 0) is 50.6 Å². The Morgan fingerprint density at radius 2 is 2.20 bits per heavy atom. The molecule has 2 rings (SSSR count). The maximum Gasteiger partial charge on any atom is 0.191 e. The van der Waals surface area contributed by atoms with Crippen LogP contribution in [0.3, 0.4) is 0 Å². The van der Waals surface area contributed by atoms with Crippen LogP contribution in [0.2, 0.25) is 0 Å². The van der Waals surface area contributed by atoms with Gasteiger partial charge >= 0.3 is 0 Å². The molecule has 1 unspecified atom stereocenters. The van der Waals surface area contributed by atoms with Crippen LogP contribution in [0.5, 0.6) is 0 Å². The summed E-state index contributed by atoms with van der Waals surface area (Å²) in [6, 6.07) is 4.94. The van der Waals surface area contributed by atoms with Crippen molar-refractivity contribution in [2.75, 3.05) is 46.4 Å². The molecule has 0 amide bonds. The molecule has 0 aliphatic carbocycles. The maximum absolute atomic E-state index is 13.1. The number of hydrogen-bond donors (Lipinski definition) is 2. The molecule has 25 heavy (non-hydrogen) atoms. The van der Waals surface area contributed by atoms with Crippen molar-refractivity contribution in [3.8, 4) is 0 Å². The molecule has 1 saturated heterocycles. The monoisotopic (exact) mass is 464 g/mol. The van der Waals surface area contributed by atoms with Crippen LogP contribution >= 0.6 is 24.0 Å². The molecule has 1 aromatic carbocycles. The highest BCUT2D eigenvalue weighted by Gasteiger charge is 2.17. The smallest absolute Gasteiger partial charge is 0.191 e. The van der Waals surface area contributed by atoms with Crippen LogP contribution in [0, 0.1) is 12.7 Å². The predicted octanol–water partition coefficient (Wildman–Crippen LogP) is 2.18. The topological polar surface area (TPSA) is 48.9 Å². The molecule has 0 radical (unpaired) electrons. The highest BCUT2D eigenvalue weighted by molar-refractivity contribution is 14.0. The van der Waals surface area contributed by atoms with Gasteiger partial charge in [0.1, 0.15) is 5.82 Å². The van der Waals surface area contributed by atoms with E-state index in [1.54, 1.807) is 6.07 Å². The summed E-state index contributed by atoms with van der Waals surface area (Å²) < 4.78 is 18.9. The first-order valence-corrected chi connectivity index (χ1v) is 8.66. The Morgan fingerprint density at radius 1 is 1.40 bits per heavy atom. The first-order chi connectivity index (χ1) is 11.6. The van der Waals surface area contributed by atoms with Gasteiger partial charge in [0, 0.05) is 26.2 Å². The van der Waals surface area contributed by atoms with Crippen molar-refractivity contribution in [1.29, 1.82) is 0 Å². The van der Waals surface area contributed by atoms with Crippen molar-refractivity contribution >= 4 is 29.9 Å². The molecule has 1 atom stereocenters. The van der Waals surface area contributed by atoms with Gasteiger partial charge in [0.2, 0.25) is 0 Å². The molecule has 0 aromatic heterocycles. The minimum absolute atomic E-state index is 0. The molecule has 1 aliphatic heterocycles. The van der Waals surface area contributed by atoms with E-state index in [-0.39, 0.29) is 35.9 Å². The Hall–Kier alpha value is -0.930. The molecule has 7 heteroatoms. The van der Waals surface area contributed by atoms with Gasteiger partial charge in [0.25, 0.3) is 0 Å². The van der Waals surface area contributed by atoms with Crippen LogP contribution in [0.1, 0.15) is 18.1 Å². The Bertz CT molecular complexity index is 556. The minimum Gasteiger partial charge on any atom is -0.374 e. The minimum atomic E-state index is -0.184. The lowest BCUT2D eigenvalue weighted by Gasteiger charge is -2.29. The second kappa shape index (κ2) is 11.6. The molecule has 1 heterocycles. The van der Waals surface area contributed by atoms with Crippen molar-refractivity contribution in [3.05, 3.63) is 35.1 Å². The number of nitrogens with one attached hydrogen (secondary N) is 2. The number of nitrogens with zero attached hydrogens (tertiary/aromatic N) is 2. The summed E-state index contributed by atoms with van der Waals surface area (Å²) in [5.41, 5.74) is 2.13. The van der Waals surface area contributed by atoms with Crippen LogP contribution in [0.25, 0.3) is 0 Å². The molecule has 1 aromatic rings. The van der Waals surface area contributed by atoms with E-state index in [1.807, 2.05) is 19.9 Å². The fraction of sp³-hybridized carbons (Fsp3) is 0.611. The summed E-state index contributed by atoms with van der Waals surface area (Å²) in [6.07, 6.45) is 0.984. The lowest BCUT2D eigenvalue weighted by Crippen LogP contribution is -2.43. The fourth-order valence-corrected chi connectivity index (χ4v) is 2.77. The number of rotatable bonds is 6. The number of benzene rings is 1. The van der Waals surface area contributed by atoms with E-state index in [9.17, 15) is 4.39 Å². The molecule has 5 nitrogen and oxygen atoms in total. The number of aryl methyl sites for hydroxylation is 1. The van der Waals surface area contributed by atoms with E-state index in [0.29, 0.717) is 6.54 Å². The summed E-state index contributed by atoms with van der Waals surface area (Å²) in [4.78, 5) is 6.89. The molecular weight excluding hydrogens is 434 g/mol. The third kappa shape index (κ3) is 7.87. The fourth-order valence-electron chi connectivity index (χ4n) is 2.77. The number of likely N-dealkylation sites (N-methyl/N-ethyl adjacent to an activating group) is 1. The average Bonchev–Trinajstić information content (AvgIpc) is 2.54. The first kappa shape index (κ1) is 22.1. The van der Waals surface area contributed by atoms with E-state index in [0.717, 1.165) is 56.3 Å². The molecular formula is C18H30FIN4O. The van der Waals surface area contributed by atoms with Gasteiger partial charge in [0.15, 0.2) is 5.96 Å². The predicted molar refractivity (Wildman–Crippen MR) is 111 cm³/mol. The quantitative estimate of drug-likeness (QED) is 0.385. The summed E-state index contributed by atoms with van der Waals surface area (Å²) >= 11 is 0. The second-order valence-corrected chi connectivity index (χ2v) is 6.22. The molecule has 1 aliphatic rings. The van der Waals surface area contributed by atoms with Gasteiger partial charge in [-0.2, -0.15) is 0 Å². The Labute approximate surface area is 167 Å². The van der Waals surface area contributed by atoms with E-state index in [2.05, 4.69) is 27.6 Å². The van der Waals surface area contributed by atoms with Gasteiger partial charge in [-0.3, -0.25) is 4.99 Å². The Balaban J connectivity index is 0.00000312. The first-order valence-electron chi connectivity index (χ1n) is 8.66. The SMILES string of the molecule is CCNC(=NCC1CN(C)CCO1)NCCc1ccc(F)cc1C.I. The van der Waals surface area contributed by atoms with Gasteiger partial charge in [-0.15, -0.1) is 24.0 Å². The molecule has 2 N–H and O–H groups in total. The number of aliphatic imine (C=N–C) groups is 1. The summed E-state index contributed by atoms with van der Waals surface area (Å²) in [5.74, 6) is 0.616. The number of hydrogen-bond acceptors (Lipinski definition) is 3. The van der Waals surface area contributed by atoms with Crippen LogP contribution in [0.15, 0.2) is 23.2 Å². The van der Waals surface area contributed by atoms with E-state index >= 15 is 0 Å². The van der Waals surface area contributed by atoms with E-state index < -0.39 is 0 Å². The van der Waals surface area contributed by atoms with Gasteiger partial charge in [-0.25, -0.2) is 4.39 Å². The zero-order valence-corrected chi connectivity index (χ0v) is 17.7. The lowest BCUT2D eigenvalue weighted by atomic mass is 10.1. The van der Waals surface area contributed by atoms with Crippen LogP contribution < -0.4 is 10.6 Å². The largest absolute Gasteiger partial charge is 0.374 e. The lowest BCUT2D eigenvalue weighted by molar-refractivity contribution is -0.0136. The number of halogens is 2. The molecule has 0 spiro atoms. The van der Waals surface area contributed by atoms with Crippen LogP contribution in [-0.4, -0.2) is 63.3 Å². The zero-order valence-electron chi connectivity index (χ0n) is 15.3. The Morgan fingerprint density at radius 3 is 2.88 bits per heavy atom.